The molecule has 0 saturated carbocycles. The van der Waals surface area contributed by atoms with E-state index in [0.29, 0.717) is 0 Å². The van der Waals surface area contributed by atoms with Crippen molar-refractivity contribution < 1.29 is 38.7 Å². The van der Waals surface area contributed by atoms with Crippen LogP contribution in [0.25, 0.3) is 0 Å². The van der Waals surface area contributed by atoms with E-state index in [-0.39, 0.29) is 0 Å². The third kappa shape index (κ3) is 4.74. The quantitative estimate of drug-likeness (QED) is 0.504. The Hall–Kier alpha value is -0.390. The van der Waals surface area contributed by atoms with Gasteiger partial charge in [-0.25, -0.2) is 0 Å². The molecular weight excluding hydrogens is 253 g/mol. The summed E-state index contributed by atoms with van der Waals surface area (Å²) in [6.45, 7) is -1.35. The van der Waals surface area contributed by atoms with Crippen molar-refractivity contribution in [3.63, 3.8) is 0 Å². The molecule has 0 aliphatic carbocycles. The second kappa shape index (κ2) is 4.00. The van der Waals surface area contributed by atoms with E-state index in [9.17, 15) is 34.6 Å². The molecule has 6 nitrogen and oxygen atoms in total. The number of rotatable bonds is 4. The summed E-state index contributed by atoms with van der Waals surface area (Å²) < 4.78 is 87.5. The number of hydrogen-bond acceptors (Lipinski definition) is 5. The van der Waals surface area contributed by atoms with Crippen LogP contribution in [0.3, 0.4) is 0 Å². The smallest absolute Gasteiger partial charge is 0.262 e. The molecule has 0 saturated heterocycles. The van der Waals surface area contributed by atoms with Crippen molar-refractivity contribution in [1.29, 1.82) is 0 Å². The SMILES string of the molecule is [O]S(=O)(=O)CCOS(=O)(=O)C(F)(F)F. The Labute approximate surface area is 77.5 Å². The molecule has 0 unspecified atom stereocenters. The fraction of sp³-hybridized carbons (Fsp3) is 1.00. The van der Waals surface area contributed by atoms with Crippen LogP contribution in [0.1, 0.15) is 0 Å². The van der Waals surface area contributed by atoms with Gasteiger partial charge >= 0.3 is 15.6 Å². The molecule has 0 bridgehead atoms. The number of hydrogen-bond donors (Lipinski definition) is 0. The minimum absolute atomic E-state index is 1.34. The highest BCUT2D eigenvalue weighted by molar-refractivity contribution is 7.87. The summed E-state index contributed by atoms with van der Waals surface area (Å²) in [6, 6.07) is 0. The zero-order chi connectivity index (χ0) is 11.6. The molecule has 1 radical (unpaired) electrons. The van der Waals surface area contributed by atoms with Gasteiger partial charge in [-0.05, 0) is 0 Å². The summed E-state index contributed by atoms with van der Waals surface area (Å²) in [5, 5.41) is 0. The number of halogens is 3. The van der Waals surface area contributed by atoms with E-state index in [1.54, 1.807) is 0 Å². The van der Waals surface area contributed by atoms with Gasteiger partial charge in [0.2, 0.25) is 0 Å². The highest BCUT2D eigenvalue weighted by Crippen LogP contribution is 2.24. The molecule has 0 spiro atoms. The maximum Gasteiger partial charge on any atom is 0.523 e. The van der Waals surface area contributed by atoms with Gasteiger partial charge in [0.05, 0.1) is 6.61 Å². The molecule has 0 heterocycles. The molecule has 0 amide bonds. The van der Waals surface area contributed by atoms with Crippen LogP contribution in [0.4, 0.5) is 13.2 Å². The summed E-state index contributed by atoms with van der Waals surface area (Å²) in [5.41, 5.74) is -5.63. The molecule has 0 aromatic carbocycles. The van der Waals surface area contributed by atoms with Crippen molar-refractivity contribution in [3.8, 4) is 0 Å². The van der Waals surface area contributed by atoms with E-state index in [4.69, 9.17) is 0 Å². The summed E-state index contributed by atoms with van der Waals surface area (Å²) >= 11 is 0. The molecule has 0 fully saturated rings. The van der Waals surface area contributed by atoms with E-state index in [0.717, 1.165) is 0 Å². The van der Waals surface area contributed by atoms with Gasteiger partial charge in [0.1, 0.15) is 5.75 Å². The van der Waals surface area contributed by atoms with Crippen LogP contribution in [0.5, 0.6) is 0 Å². The molecule has 0 rings (SSSR count). The van der Waals surface area contributed by atoms with Crippen molar-refractivity contribution in [2.45, 2.75) is 5.51 Å². The average Bonchev–Trinajstić information content (AvgIpc) is 1.80. The fourth-order valence-corrected chi connectivity index (χ4v) is 1.14. The Kier molecular flexibility index (Phi) is 3.89. The van der Waals surface area contributed by atoms with Gasteiger partial charge in [0.25, 0.3) is 10.1 Å². The maximum atomic E-state index is 11.5. The Morgan fingerprint density at radius 3 is 1.79 bits per heavy atom. The number of alkyl halides is 3. The zero-order valence-electron chi connectivity index (χ0n) is 6.31. The van der Waals surface area contributed by atoms with Gasteiger partial charge in [0.15, 0.2) is 0 Å². The second-order valence-electron chi connectivity index (χ2n) is 1.98. The fourth-order valence-electron chi connectivity index (χ4n) is 0.313. The Bertz CT molecular complexity index is 377. The Morgan fingerprint density at radius 1 is 1.07 bits per heavy atom. The maximum absolute atomic E-state index is 11.5. The average molecular weight is 257 g/mol. The van der Waals surface area contributed by atoms with Crippen LogP contribution < -0.4 is 0 Å². The molecule has 11 heteroatoms. The second-order valence-corrected chi connectivity index (χ2v) is 5.11. The molecule has 0 N–H and O–H groups in total. The minimum Gasteiger partial charge on any atom is -0.262 e. The van der Waals surface area contributed by atoms with E-state index >= 15 is 0 Å². The Morgan fingerprint density at radius 2 is 1.50 bits per heavy atom. The lowest BCUT2D eigenvalue weighted by Gasteiger charge is -2.06. The van der Waals surface area contributed by atoms with Crippen molar-refractivity contribution >= 4 is 20.2 Å². The van der Waals surface area contributed by atoms with E-state index in [1.807, 2.05) is 0 Å². The topological polar surface area (TPSA) is 97.4 Å². The standard InChI is InChI=1S/C3H4F3O6S2/c4-3(5,6)14(10,11)12-1-2-13(7,8)9/h1-2H2. The predicted octanol–water partition coefficient (Wildman–Crippen LogP) is -0.387. The highest BCUT2D eigenvalue weighted by Gasteiger charge is 2.47. The first-order valence-corrected chi connectivity index (χ1v) is 5.83. The van der Waals surface area contributed by atoms with Crippen LogP contribution in [0.15, 0.2) is 0 Å². The van der Waals surface area contributed by atoms with Crippen LogP contribution in [-0.2, 0) is 29.0 Å². The lowest BCUT2D eigenvalue weighted by atomic mass is 10.9. The largest absolute Gasteiger partial charge is 0.523 e. The molecular formula is C3H4F3O6S2. The molecule has 85 valence electrons. The van der Waals surface area contributed by atoms with Crippen LogP contribution >= 0.6 is 0 Å². The zero-order valence-corrected chi connectivity index (χ0v) is 7.95. The Balaban J connectivity index is 4.31. The van der Waals surface area contributed by atoms with Crippen molar-refractivity contribution in [3.05, 3.63) is 0 Å². The molecule has 0 aliphatic heterocycles. The summed E-state index contributed by atoms with van der Waals surface area (Å²) in [4.78, 5) is 0. The van der Waals surface area contributed by atoms with Crippen molar-refractivity contribution in [1.82, 2.24) is 0 Å². The van der Waals surface area contributed by atoms with Gasteiger partial charge in [-0.2, -0.15) is 30.0 Å². The molecule has 14 heavy (non-hydrogen) atoms. The minimum atomic E-state index is -5.82. The lowest BCUT2D eigenvalue weighted by molar-refractivity contribution is -0.0538. The van der Waals surface area contributed by atoms with Gasteiger partial charge < -0.3 is 0 Å². The molecule has 0 aliphatic rings. The van der Waals surface area contributed by atoms with Gasteiger partial charge in [-0.15, -0.1) is 0 Å². The molecule has 0 aromatic heterocycles. The summed E-state index contributed by atoms with van der Waals surface area (Å²) in [6.07, 6.45) is 0. The van der Waals surface area contributed by atoms with E-state index in [1.165, 1.54) is 0 Å². The van der Waals surface area contributed by atoms with Gasteiger partial charge in [0, 0.05) is 0 Å². The summed E-state index contributed by atoms with van der Waals surface area (Å²) in [5.74, 6) is -1.34. The van der Waals surface area contributed by atoms with Crippen molar-refractivity contribution in [2.24, 2.45) is 0 Å². The van der Waals surface area contributed by atoms with Gasteiger partial charge in [-0.1, -0.05) is 4.55 Å². The van der Waals surface area contributed by atoms with Crippen LogP contribution in [0.2, 0.25) is 0 Å². The highest BCUT2D eigenvalue weighted by atomic mass is 32.2. The van der Waals surface area contributed by atoms with Gasteiger partial charge in [-0.3, -0.25) is 4.18 Å². The van der Waals surface area contributed by atoms with Crippen LogP contribution in [0, 0.1) is 0 Å². The third-order valence-electron chi connectivity index (χ3n) is 0.855. The van der Waals surface area contributed by atoms with Crippen molar-refractivity contribution in [2.75, 3.05) is 12.4 Å². The first kappa shape index (κ1) is 13.6. The monoisotopic (exact) mass is 257 g/mol. The first-order valence-electron chi connectivity index (χ1n) is 2.85. The first-order chi connectivity index (χ1) is 5.96. The molecule has 0 atom stereocenters. The summed E-state index contributed by atoms with van der Waals surface area (Å²) in [7, 11) is -10.6. The van der Waals surface area contributed by atoms with E-state index < -0.39 is 38.1 Å². The predicted molar refractivity (Wildman–Crippen MR) is 35.4 cm³/mol. The lowest BCUT2D eigenvalue weighted by Crippen LogP contribution is -2.27. The molecule has 0 aromatic rings. The third-order valence-corrected chi connectivity index (χ3v) is 2.57. The van der Waals surface area contributed by atoms with E-state index in [2.05, 4.69) is 4.18 Å². The van der Waals surface area contributed by atoms with Crippen LogP contribution in [-0.4, -0.2) is 34.7 Å². The normalized spacial score (nSPS) is 14.3.